The molecule has 1 heterocycles. The number of hydrazine groups is 1. The van der Waals surface area contributed by atoms with Gasteiger partial charge in [-0.3, -0.25) is 25.2 Å². The molecule has 0 unspecified atom stereocenters. The monoisotopic (exact) mass is 285 g/mol. The average molecular weight is 285 g/mol. The second-order valence-electron chi connectivity index (χ2n) is 4.61. The molecule has 21 heavy (non-hydrogen) atoms. The molecule has 6 nitrogen and oxygen atoms in total. The van der Waals surface area contributed by atoms with E-state index >= 15 is 0 Å². The van der Waals surface area contributed by atoms with Crippen LogP contribution in [0.25, 0.3) is 0 Å². The maximum Gasteiger partial charge on any atom is 0.310 e. The van der Waals surface area contributed by atoms with Gasteiger partial charge in [-0.1, -0.05) is 29.8 Å². The van der Waals surface area contributed by atoms with Crippen LogP contribution in [0.1, 0.15) is 26.4 Å². The predicted molar refractivity (Wildman–Crippen MR) is 76.5 cm³/mol. The Kier molecular flexibility index (Phi) is 4.18. The number of aryl methyl sites for hydroxylation is 2. The molecule has 0 bridgehead atoms. The molecule has 2 rings (SSSR count). The maximum absolute atomic E-state index is 11.9. The fourth-order valence-corrected chi connectivity index (χ4v) is 1.77. The summed E-state index contributed by atoms with van der Waals surface area (Å²) in [6.07, 6.45) is 1.70. The number of carbonyl (C=O) groups is 3. The summed E-state index contributed by atoms with van der Waals surface area (Å²) in [5, 5.41) is 0. The summed E-state index contributed by atoms with van der Waals surface area (Å²) in [6, 6.07) is 9.91. The third kappa shape index (κ3) is 3.36. The average Bonchev–Trinajstić information content (AvgIpc) is 2.90. The lowest BCUT2D eigenvalue weighted by molar-refractivity contribution is -0.117. The number of aromatic nitrogens is 1. The first-order valence-corrected chi connectivity index (χ1v) is 6.32. The molecule has 2 N–H and O–H groups in total. The molecule has 0 saturated heterocycles. The molecule has 1 aromatic heterocycles. The Hall–Kier alpha value is -2.89. The lowest BCUT2D eigenvalue weighted by atomic mass is 10.1. The maximum atomic E-state index is 11.9. The van der Waals surface area contributed by atoms with E-state index < -0.39 is 17.6 Å². The fourth-order valence-electron chi connectivity index (χ4n) is 1.77. The molecule has 6 heteroatoms. The molecular formula is C15H15N3O3. The van der Waals surface area contributed by atoms with Crippen LogP contribution in [-0.2, 0) is 11.8 Å². The van der Waals surface area contributed by atoms with Gasteiger partial charge in [0.25, 0.3) is 11.7 Å². The van der Waals surface area contributed by atoms with Crippen molar-refractivity contribution in [3.05, 3.63) is 59.4 Å². The zero-order chi connectivity index (χ0) is 15.4. The Labute approximate surface area is 121 Å². The van der Waals surface area contributed by atoms with Crippen molar-refractivity contribution < 1.29 is 14.4 Å². The van der Waals surface area contributed by atoms with Crippen LogP contribution in [0, 0.1) is 6.92 Å². The van der Waals surface area contributed by atoms with Gasteiger partial charge in [0, 0.05) is 18.8 Å². The highest BCUT2D eigenvalue weighted by atomic mass is 16.2. The Morgan fingerprint density at radius 3 is 2.24 bits per heavy atom. The smallest absolute Gasteiger partial charge is 0.310 e. The zero-order valence-electron chi connectivity index (χ0n) is 11.7. The first kappa shape index (κ1) is 14.5. The highest BCUT2D eigenvalue weighted by Crippen LogP contribution is 2.04. The van der Waals surface area contributed by atoms with Gasteiger partial charge in [-0.25, -0.2) is 0 Å². The Morgan fingerprint density at radius 1 is 1.00 bits per heavy atom. The van der Waals surface area contributed by atoms with E-state index in [1.807, 2.05) is 6.92 Å². The highest BCUT2D eigenvalue weighted by molar-refractivity contribution is 6.42. The Morgan fingerprint density at radius 2 is 1.67 bits per heavy atom. The fraction of sp³-hybridized carbons (Fsp3) is 0.133. The number of benzene rings is 1. The molecule has 2 aromatic rings. The number of nitrogens with one attached hydrogen (secondary N) is 2. The third-order valence-electron chi connectivity index (χ3n) is 2.99. The predicted octanol–water partition coefficient (Wildman–Crippen LogP) is 0.977. The summed E-state index contributed by atoms with van der Waals surface area (Å²) in [5.41, 5.74) is 5.95. The number of hydrogen-bond acceptors (Lipinski definition) is 3. The van der Waals surface area contributed by atoms with Gasteiger partial charge >= 0.3 is 5.91 Å². The zero-order valence-corrected chi connectivity index (χ0v) is 11.7. The van der Waals surface area contributed by atoms with Crippen molar-refractivity contribution in [3.63, 3.8) is 0 Å². The van der Waals surface area contributed by atoms with Crippen LogP contribution in [0.3, 0.4) is 0 Å². The van der Waals surface area contributed by atoms with Crippen LogP contribution in [-0.4, -0.2) is 22.2 Å². The van der Waals surface area contributed by atoms with Gasteiger partial charge in [0.05, 0.1) is 0 Å². The first-order valence-electron chi connectivity index (χ1n) is 6.32. The van der Waals surface area contributed by atoms with Crippen molar-refractivity contribution in [1.82, 2.24) is 15.4 Å². The van der Waals surface area contributed by atoms with Gasteiger partial charge in [-0.15, -0.1) is 0 Å². The van der Waals surface area contributed by atoms with E-state index in [1.54, 1.807) is 54.2 Å². The molecule has 0 aliphatic carbocycles. The number of ketones is 1. The minimum Gasteiger partial charge on any atom is -0.347 e. The van der Waals surface area contributed by atoms with Crippen molar-refractivity contribution in [2.75, 3.05) is 0 Å². The summed E-state index contributed by atoms with van der Waals surface area (Å²) in [6.45, 7) is 1.88. The number of Topliss-reactive ketones (excluding diaryl/α,β-unsaturated/α-hetero) is 1. The van der Waals surface area contributed by atoms with Gasteiger partial charge in [0.1, 0.15) is 5.69 Å². The van der Waals surface area contributed by atoms with E-state index in [-0.39, 0.29) is 5.56 Å². The Bertz CT molecular complexity index is 686. The number of hydrogen-bond donors (Lipinski definition) is 2. The molecule has 108 valence electrons. The van der Waals surface area contributed by atoms with Crippen molar-refractivity contribution in [1.29, 1.82) is 0 Å². The summed E-state index contributed by atoms with van der Waals surface area (Å²) >= 11 is 0. The van der Waals surface area contributed by atoms with Crippen molar-refractivity contribution in [2.45, 2.75) is 6.92 Å². The largest absolute Gasteiger partial charge is 0.347 e. The molecule has 0 radical (unpaired) electrons. The number of amides is 2. The van der Waals surface area contributed by atoms with E-state index in [0.717, 1.165) is 5.56 Å². The lowest BCUT2D eigenvalue weighted by Gasteiger charge is -2.07. The molecule has 2 amide bonds. The minimum absolute atomic E-state index is 0.270. The van der Waals surface area contributed by atoms with E-state index in [0.29, 0.717) is 5.69 Å². The van der Waals surface area contributed by atoms with E-state index in [4.69, 9.17) is 0 Å². The topological polar surface area (TPSA) is 80.2 Å². The van der Waals surface area contributed by atoms with Crippen molar-refractivity contribution >= 4 is 17.6 Å². The van der Waals surface area contributed by atoms with Crippen LogP contribution < -0.4 is 10.9 Å². The van der Waals surface area contributed by atoms with Crippen LogP contribution >= 0.6 is 0 Å². The molecular weight excluding hydrogens is 270 g/mol. The molecule has 0 aliphatic heterocycles. The van der Waals surface area contributed by atoms with Gasteiger partial charge < -0.3 is 4.57 Å². The molecule has 0 saturated carbocycles. The quantitative estimate of drug-likeness (QED) is 0.501. The molecule has 0 atom stereocenters. The summed E-state index contributed by atoms with van der Waals surface area (Å²) < 4.78 is 1.60. The standard InChI is InChI=1S/C15H15N3O3/c1-10-5-7-11(8-6-10)13(19)15(21)17-16-14(20)12-4-3-9-18(12)2/h3-9H,1-2H3,(H,16,20)(H,17,21). The van der Waals surface area contributed by atoms with E-state index in [9.17, 15) is 14.4 Å². The molecule has 1 aromatic carbocycles. The molecule has 0 fully saturated rings. The van der Waals surface area contributed by atoms with Crippen molar-refractivity contribution in [3.8, 4) is 0 Å². The second kappa shape index (κ2) is 6.04. The SMILES string of the molecule is Cc1ccc(C(=O)C(=O)NNC(=O)c2cccn2C)cc1. The second-order valence-corrected chi connectivity index (χ2v) is 4.61. The number of nitrogens with zero attached hydrogens (tertiary/aromatic N) is 1. The van der Waals surface area contributed by atoms with Crippen LogP contribution in [0.2, 0.25) is 0 Å². The number of rotatable bonds is 3. The highest BCUT2D eigenvalue weighted by Gasteiger charge is 2.17. The van der Waals surface area contributed by atoms with Crippen molar-refractivity contribution in [2.24, 2.45) is 7.05 Å². The van der Waals surface area contributed by atoms with E-state index in [1.165, 1.54) is 0 Å². The van der Waals surface area contributed by atoms with Gasteiger partial charge in [0.15, 0.2) is 0 Å². The summed E-state index contributed by atoms with van der Waals surface area (Å²) in [5.74, 6) is -2.09. The molecule has 0 aliphatic rings. The third-order valence-corrected chi connectivity index (χ3v) is 2.99. The lowest BCUT2D eigenvalue weighted by Crippen LogP contribution is -2.45. The van der Waals surface area contributed by atoms with Gasteiger partial charge in [-0.05, 0) is 19.1 Å². The minimum atomic E-state index is -0.888. The summed E-state index contributed by atoms with van der Waals surface area (Å²) in [7, 11) is 1.70. The van der Waals surface area contributed by atoms with Crippen LogP contribution in [0.15, 0.2) is 42.6 Å². The summed E-state index contributed by atoms with van der Waals surface area (Å²) in [4.78, 5) is 35.3. The first-order chi connectivity index (χ1) is 9.99. The van der Waals surface area contributed by atoms with Gasteiger partial charge in [0.2, 0.25) is 0 Å². The van der Waals surface area contributed by atoms with Crippen LogP contribution in [0.4, 0.5) is 0 Å². The number of carbonyl (C=O) groups excluding carboxylic acids is 3. The van der Waals surface area contributed by atoms with Crippen LogP contribution in [0.5, 0.6) is 0 Å². The molecule has 0 spiro atoms. The normalized spacial score (nSPS) is 10.0. The van der Waals surface area contributed by atoms with E-state index in [2.05, 4.69) is 10.9 Å². The van der Waals surface area contributed by atoms with Gasteiger partial charge in [-0.2, -0.15) is 0 Å². The Balaban J connectivity index is 1.96.